The molecule has 0 unspecified atom stereocenters. The molecule has 0 bridgehead atoms. The summed E-state index contributed by atoms with van der Waals surface area (Å²) in [6.45, 7) is 1.92. The van der Waals surface area contributed by atoms with Gasteiger partial charge in [0.15, 0.2) is 0 Å². The molecule has 0 atom stereocenters. The molecule has 2 N–H and O–H groups in total. The Morgan fingerprint density at radius 3 is 2.95 bits per heavy atom. The van der Waals surface area contributed by atoms with Crippen molar-refractivity contribution in [2.75, 3.05) is 0 Å². The van der Waals surface area contributed by atoms with E-state index in [4.69, 9.17) is 0 Å². The lowest BCUT2D eigenvalue weighted by Crippen LogP contribution is -2.13. The summed E-state index contributed by atoms with van der Waals surface area (Å²) in [5.74, 6) is -0.773. The number of hydrogen-bond acceptors (Lipinski definition) is 3. The number of nitrogens with zero attached hydrogens (tertiary/aromatic N) is 2. The van der Waals surface area contributed by atoms with E-state index in [-0.39, 0.29) is 11.4 Å². The molecule has 6 heteroatoms. The molecule has 0 spiro atoms. The summed E-state index contributed by atoms with van der Waals surface area (Å²) in [5.41, 5.74) is 1.11. The zero-order valence-corrected chi connectivity index (χ0v) is 10.7. The molecule has 102 valence electrons. The third kappa shape index (κ3) is 1.77. The fraction of sp³-hybridized carbons (Fsp3) is 0.143. The second-order valence-electron chi connectivity index (χ2n) is 4.45. The first-order valence-corrected chi connectivity index (χ1v) is 6.19. The van der Waals surface area contributed by atoms with Crippen LogP contribution in [0.4, 0.5) is 4.39 Å². The van der Waals surface area contributed by atoms with E-state index >= 15 is 0 Å². The summed E-state index contributed by atoms with van der Waals surface area (Å²) in [6, 6.07) is 5.51. The van der Waals surface area contributed by atoms with Crippen LogP contribution in [0.1, 0.15) is 12.5 Å². The summed E-state index contributed by atoms with van der Waals surface area (Å²) < 4.78 is 14.5. The molecule has 0 aliphatic carbocycles. The van der Waals surface area contributed by atoms with Gasteiger partial charge in [0.1, 0.15) is 17.0 Å². The topological polar surface area (TPSA) is 70.4 Å². The molecule has 0 fully saturated rings. The van der Waals surface area contributed by atoms with Gasteiger partial charge >= 0.3 is 0 Å². The number of halogens is 1. The van der Waals surface area contributed by atoms with Crippen LogP contribution in [-0.2, 0) is 6.42 Å². The fourth-order valence-electron chi connectivity index (χ4n) is 2.22. The Balaban J connectivity index is 2.35. The van der Waals surface area contributed by atoms with Crippen LogP contribution in [0.5, 0.6) is 5.88 Å². The van der Waals surface area contributed by atoms with Crippen molar-refractivity contribution >= 4 is 5.65 Å². The van der Waals surface area contributed by atoms with E-state index < -0.39 is 11.4 Å². The van der Waals surface area contributed by atoms with Gasteiger partial charge < -0.3 is 10.1 Å². The van der Waals surface area contributed by atoms with E-state index in [9.17, 15) is 14.3 Å². The van der Waals surface area contributed by atoms with Crippen LogP contribution < -0.4 is 5.56 Å². The van der Waals surface area contributed by atoms with Crippen molar-refractivity contribution in [1.82, 2.24) is 14.6 Å². The molecular formula is C14H12FN3O2. The summed E-state index contributed by atoms with van der Waals surface area (Å²) in [7, 11) is 0. The average Bonchev–Trinajstić information content (AvgIpc) is 2.82. The number of aromatic amines is 1. The lowest BCUT2D eigenvalue weighted by molar-refractivity contribution is 0.436. The van der Waals surface area contributed by atoms with Gasteiger partial charge in [0.05, 0.1) is 6.20 Å². The first-order valence-electron chi connectivity index (χ1n) is 6.19. The molecule has 0 aliphatic rings. The van der Waals surface area contributed by atoms with Crippen LogP contribution in [0.25, 0.3) is 16.8 Å². The normalized spacial score (nSPS) is 11.1. The highest BCUT2D eigenvalue weighted by Crippen LogP contribution is 2.26. The zero-order valence-electron chi connectivity index (χ0n) is 10.7. The number of aryl methyl sites for hydroxylation is 1. The third-order valence-corrected chi connectivity index (χ3v) is 3.22. The Hall–Kier alpha value is -2.63. The van der Waals surface area contributed by atoms with Gasteiger partial charge in [-0.1, -0.05) is 19.1 Å². The molecule has 0 aliphatic heterocycles. The van der Waals surface area contributed by atoms with Crippen LogP contribution in [0.15, 0.2) is 35.3 Å². The van der Waals surface area contributed by atoms with Gasteiger partial charge in [0.2, 0.25) is 5.88 Å². The number of benzene rings is 1. The highest BCUT2D eigenvalue weighted by Gasteiger charge is 2.16. The molecule has 1 aromatic carbocycles. The van der Waals surface area contributed by atoms with Crippen molar-refractivity contribution in [1.29, 1.82) is 0 Å². The Kier molecular flexibility index (Phi) is 2.78. The molecule has 0 saturated carbocycles. The molecule has 0 radical (unpaired) electrons. The van der Waals surface area contributed by atoms with E-state index in [1.54, 1.807) is 12.3 Å². The highest BCUT2D eigenvalue weighted by atomic mass is 19.1. The van der Waals surface area contributed by atoms with Crippen molar-refractivity contribution in [2.45, 2.75) is 13.3 Å². The lowest BCUT2D eigenvalue weighted by atomic mass is 10.1. The van der Waals surface area contributed by atoms with Gasteiger partial charge in [-0.3, -0.25) is 4.79 Å². The molecule has 5 nitrogen and oxygen atoms in total. The Morgan fingerprint density at radius 1 is 1.45 bits per heavy atom. The van der Waals surface area contributed by atoms with Crippen molar-refractivity contribution in [3.05, 3.63) is 52.2 Å². The van der Waals surface area contributed by atoms with Crippen molar-refractivity contribution < 1.29 is 9.50 Å². The predicted octanol–water partition coefficient (Wildman–Crippen LogP) is 2.10. The molecular weight excluding hydrogens is 261 g/mol. The minimum Gasteiger partial charge on any atom is -0.493 e. The number of H-pyrrole nitrogens is 1. The maximum atomic E-state index is 13.3. The van der Waals surface area contributed by atoms with E-state index in [2.05, 4.69) is 10.1 Å². The minimum atomic E-state index is -0.476. The first kappa shape index (κ1) is 12.4. The van der Waals surface area contributed by atoms with Gasteiger partial charge in [0, 0.05) is 5.56 Å². The second-order valence-corrected chi connectivity index (χ2v) is 4.45. The third-order valence-electron chi connectivity index (χ3n) is 3.22. The maximum absolute atomic E-state index is 13.3. The van der Waals surface area contributed by atoms with Crippen molar-refractivity contribution in [3.8, 4) is 17.0 Å². The number of rotatable bonds is 2. The summed E-state index contributed by atoms with van der Waals surface area (Å²) in [5, 5.41) is 14.3. The fourth-order valence-corrected chi connectivity index (χ4v) is 2.22. The highest BCUT2D eigenvalue weighted by molar-refractivity contribution is 5.69. The first-order chi connectivity index (χ1) is 9.61. The quantitative estimate of drug-likeness (QED) is 0.751. The predicted molar refractivity (Wildman–Crippen MR) is 72.2 cm³/mol. The van der Waals surface area contributed by atoms with E-state index in [0.717, 1.165) is 5.56 Å². The molecule has 20 heavy (non-hydrogen) atoms. The standard InChI is InChI=1S/C14H12FN3O2/c1-2-8-7-16-18-12(8)17-13(19)11(14(18)20)9-4-3-5-10(15)6-9/h3-7,20H,2H2,1H3,(H,17,19). The van der Waals surface area contributed by atoms with E-state index in [0.29, 0.717) is 17.6 Å². The Morgan fingerprint density at radius 2 is 2.25 bits per heavy atom. The minimum absolute atomic E-state index is 0.00255. The molecule has 2 heterocycles. The van der Waals surface area contributed by atoms with Gasteiger partial charge in [-0.2, -0.15) is 9.61 Å². The van der Waals surface area contributed by atoms with Crippen LogP contribution in [0.2, 0.25) is 0 Å². The van der Waals surface area contributed by atoms with Crippen molar-refractivity contribution in [3.63, 3.8) is 0 Å². The smallest absolute Gasteiger partial charge is 0.262 e. The van der Waals surface area contributed by atoms with Crippen LogP contribution in [-0.4, -0.2) is 19.7 Å². The maximum Gasteiger partial charge on any atom is 0.262 e. The van der Waals surface area contributed by atoms with Gasteiger partial charge in [0.25, 0.3) is 5.56 Å². The summed E-state index contributed by atoms with van der Waals surface area (Å²) >= 11 is 0. The largest absolute Gasteiger partial charge is 0.493 e. The monoisotopic (exact) mass is 273 g/mol. The van der Waals surface area contributed by atoms with Crippen LogP contribution >= 0.6 is 0 Å². The average molecular weight is 273 g/mol. The molecule has 3 aromatic rings. The SMILES string of the molecule is CCc1cnn2c(O)c(-c3cccc(F)c3)c(=O)[nH]c12. The molecule has 0 saturated heterocycles. The van der Waals surface area contributed by atoms with Crippen molar-refractivity contribution in [2.24, 2.45) is 0 Å². The molecule has 0 amide bonds. The lowest BCUT2D eigenvalue weighted by Gasteiger charge is -2.06. The number of aromatic hydroxyl groups is 1. The van der Waals surface area contributed by atoms with Crippen LogP contribution in [0, 0.1) is 5.82 Å². The summed E-state index contributed by atoms with van der Waals surface area (Å²) in [6.07, 6.45) is 2.26. The number of hydrogen-bond donors (Lipinski definition) is 2. The summed E-state index contributed by atoms with van der Waals surface area (Å²) in [4.78, 5) is 14.8. The van der Waals surface area contributed by atoms with Crippen LogP contribution in [0.3, 0.4) is 0 Å². The van der Waals surface area contributed by atoms with E-state index in [1.807, 2.05) is 6.92 Å². The zero-order chi connectivity index (χ0) is 14.3. The van der Waals surface area contributed by atoms with Gasteiger partial charge in [-0.25, -0.2) is 4.39 Å². The van der Waals surface area contributed by atoms with E-state index in [1.165, 1.54) is 22.7 Å². The number of nitrogens with one attached hydrogen (secondary N) is 1. The van der Waals surface area contributed by atoms with Gasteiger partial charge in [-0.05, 0) is 24.1 Å². The molecule has 3 rings (SSSR count). The number of fused-ring (bicyclic) bond motifs is 1. The Bertz CT molecular complexity index is 851. The van der Waals surface area contributed by atoms with Gasteiger partial charge in [-0.15, -0.1) is 0 Å². The molecule has 2 aromatic heterocycles. The second kappa shape index (κ2) is 4.48. The Labute approximate surface area is 113 Å². The number of aromatic nitrogens is 3.